The Morgan fingerprint density at radius 1 is 1.45 bits per heavy atom. The lowest BCUT2D eigenvalue weighted by Gasteiger charge is -2.07. The summed E-state index contributed by atoms with van der Waals surface area (Å²) in [4.78, 5) is 21.9. The number of carbonyl (C=O) groups excluding carboxylic acids is 1. The number of hydrogen-bond acceptors (Lipinski definition) is 6. The molecule has 20 heavy (non-hydrogen) atoms. The van der Waals surface area contributed by atoms with Crippen LogP contribution in [0.15, 0.2) is 18.2 Å². The molecule has 0 radical (unpaired) electrons. The van der Waals surface area contributed by atoms with Crippen LogP contribution in [0.5, 0.6) is 0 Å². The second-order valence-electron chi connectivity index (χ2n) is 4.01. The molecule has 9 heteroatoms. The highest BCUT2D eigenvalue weighted by atomic mass is 32.2. The van der Waals surface area contributed by atoms with Gasteiger partial charge in [-0.2, -0.15) is 0 Å². The van der Waals surface area contributed by atoms with Crippen LogP contribution >= 0.6 is 0 Å². The fraction of sp³-hybridized carbons (Fsp3) is 0.364. The summed E-state index contributed by atoms with van der Waals surface area (Å²) in [5.41, 5.74) is 0.117. The van der Waals surface area contributed by atoms with Crippen LogP contribution in [0.1, 0.15) is 15.9 Å². The van der Waals surface area contributed by atoms with Gasteiger partial charge in [0.2, 0.25) is 10.0 Å². The normalized spacial score (nSPS) is 11.1. The van der Waals surface area contributed by atoms with Crippen LogP contribution in [0.2, 0.25) is 0 Å². The predicted octanol–water partition coefficient (Wildman–Crippen LogP) is 0.609. The Balaban J connectivity index is 2.69. The molecule has 0 bridgehead atoms. The van der Waals surface area contributed by atoms with E-state index < -0.39 is 20.9 Å². The van der Waals surface area contributed by atoms with E-state index in [4.69, 9.17) is 4.74 Å². The maximum Gasteiger partial charge on any atom is 0.338 e. The number of ether oxygens (including phenoxy) is 1. The Bertz CT molecular complexity index is 626. The van der Waals surface area contributed by atoms with E-state index >= 15 is 0 Å². The van der Waals surface area contributed by atoms with Gasteiger partial charge >= 0.3 is 5.97 Å². The van der Waals surface area contributed by atoms with Gasteiger partial charge < -0.3 is 4.74 Å². The van der Waals surface area contributed by atoms with E-state index in [1.165, 1.54) is 25.1 Å². The van der Waals surface area contributed by atoms with Crippen molar-refractivity contribution in [3.8, 4) is 0 Å². The lowest BCUT2D eigenvalue weighted by Crippen LogP contribution is -2.27. The fourth-order valence-electron chi connectivity index (χ4n) is 1.49. The molecule has 8 nitrogen and oxygen atoms in total. The number of nitrogens with one attached hydrogen (secondary N) is 1. The third-order valence-corrected chi connectivity index (χ3v) is 3.15. The molecule has 0 heterocycles. The number of carbonyl (C=O) groups is 1. The zero-order valence-electron chi connectivity index (χ0n) is 11.0. The summed E-state index contributed by atoms with van der Waals surface area (Å²) in [6, 6.07) is 4.09. The number of benzene rings is 1. The summed E-state index contributed by atoms with van der Waals surface area (Å²) in [7, 11) is -3.34. The number of hydrogen-bond donors (Lipinski definition) is 1. The largest absolute Gasteiger partial charge is 0.461 e. The highest BCUT2D eigenvalue weighted by Crippen LogP contribution is 2.21. The molecule has 1 rings (SSSR count). The molecule has 0 aromatic heterocycles. The van der Waals surface area contributed by atoms with Gasteiger partial charge in [0.1, 0.15) is 6.61 Å². The van der Waals surface area contributed by atoms with Crippen LogP contribution in [0.25, 0.3) is 0 Å². The van der Waals surface area contributed by atoms with Gasteiger partial charge in [-0.05, 0) is 13.0 Å². The van der Waals surface area contributed by atoms with Gasteiger partial charge in [-0.15, -0.1) is 0 Å². The van der Waals surface area contributed by atoms with Gasteiger partial charge in [-0.1, -0.05) is 6.07 Å². The number of sulfonamides is 1. The molecule has 1 N–H and O–H groups in total. The van der Waals surface area contributed by atoms with Crippen molar-refractivity contribution in [1.29, 1.82) is 0 Å². The standard InChI is InChI=1S/C11H14N2O6S/c1-8-9(4-3-5-10(8)13(15)16)11(14)19-7-6-12-20(2,17)18/h3-5,12H,6-7H2,1-2H3. The summed E-state index contributed by atoms with van der Waals surface area (Å²) in [6.45, 7) is 1.23. The number of nitro benzene ring substituents is 1. The van der Waals surface area contributed by atoms with E-state index in [0.717, 1.165) is 6.26 Å². The first-order valence-corrected chi connectivity index (χ1v) is 7.47. The molecule has 0 unspecified atom stereocenters. The van der Waals surface area contributed by atoms with Crippen molar-refractivity contribution in [1.82, 2.24) is 4.72 Å². The molecular weight excluding hydrogens is 288 g/mol. The van der Waals surface area contributed by atoms with E-state index in [9.17, 15) is 23.3 Å². The Labute approximate surface area is 115 Å². The van der Waals surface area contributed by atoms with Gasteiger partial charge in [-0.3, -0.25) is 10.1 Å². The monoisotopic (exact) mass is 302 g/mol. The topological polar surface area (TPSA) is 116 Å². The Kier molecular flexibility index (Phi) is 5.17. The minimum absolute atomic E-state index is 0.0570. The summed E-state index contributed by atoms with van der Waals surface area (Å²) >= 11 is 0. The van der Waals surface area contributed by atoms with Gasteiger partial charge in [0.25, 0.3) is 5.69 Å². The number of nitro groups is 1. The molecule has 0 atom stereocenters. The molecule has 1 aromatic carbocycles. The first-order valence-electron chi connectivity index (χ1n) is 5.58. The molecule has 1 aromatic rings. The summed E-state index contributed by atoms with van der Waals surface area (Å²) in [5, 5.41) is 10.7. The first-order chi connectivity index (χ1) is 9.22. The smallest absolute Gasteiger partial charge is 0.338 e. The quantitative estimate of drug-likeness (QED) is 0.356. The second kappa shape index (κ2) is 6.44. The molecule has 0 aliphatic carbocycles. The maximum atomic E-state index is 11.7. The van der Waals surface area contributed by atoms with Crippen LogP contribution in [0.4, 0.5) is 5.69 Å². The van der Waals surface area contributed by atoms with Gasteiger partial charge in [-0.25, -0.2) is 17.9 Å². The average Bonchev–Trinajstić information content (AvgIpc) is 2.33. The van der Waals surface area contributed by atoms with Crippen LogP contribution in [0.3, 0.4) is 0 Å². The molecular formula is C11H14N2O6S. The first kappa shape index (κ1) is 16.1. The van der Waals surface area contributed by atoms with Crippen LogP contribution in [-0.4, -0.2) is 38.7 Å². The Morgan fingerprint density at radius 3 is 2.65 bits per heavy atom. The molecule has 110 valence electrons. The number of nitrogens with zero attached hydrogens (tertiary/aromatic N) is 1. The number of esters is 1. The SMILES string of the molecule is Cc1c(C(=O)OCCNS(C)(=O)=O)cccc1[N+](=O)[O-]. The molecule has 0 saturated carbocycles. The van der Waals surface area contributed by atoms with Crippen LogP contribution in [0, 0.1) is 17.0 Å². The van der Waals surface area contributed by atoms with E-state index in [2.05, 4.69) is 4.72 Å². The molecule has 0 aliphatic rings. The minimum atomic E-state index is -3.34. The average molecular weight is 302 g/mol. The summed E-state index contributed by atoms with van der Waals surface area (Å²) in [6.07, 6.45) is 0.986. The molecule has 0 spiro atoms. The lowest BCUT2D eigenvalue weighted by molar-refractivity contribution is -0.385. The zero-order chi connectivity index (χ0) is 15.3. The Hall–Kier alpha value is -2.00. The van der Waals surface area contributed by atoms with Crippen molar-refractivity contribution in [3.05, 3.63) is 39.4 Å². The van der Waals surface area contributed by atoms with E-state index in [-0.39, 0.29) is 30.0 Å². The third-order valence-electron chi connectivity index (χ3n) is 2.42. The van der Waals surface area contributed by atoms with Gasteiger partial charge in [0, 0.05) is 18.2 Å². The van der Waals surface area contributed by atoms with Crippen molar-refractivity contribution in [2.24, 2.45) is 0 Å². The molecule has 0 fully saturated rings. The summed E-state index contributed by atoms with van der Waals surface area (Å²) in [5.74, 6) is -0.735. The molecule has 0 saturated heterocycles. The van der Waals surface area contributed by atoms with E-state index in [1.54, 1.807) is 0 Å². The van der Waals surface area contributed by atoms with Gasteiger partial charge in [0.05, 0.1) is 16.7 Å². The van der Waals surface area contributed by atoms with Crippen molar-refractivity contribution in [3.63, 3.8) is 0 Å². The maximum absolute atomic E-state index is 11.7. The lowest BCUT2D eigenvalue weighted by atomic mass is 10.1. The second-order valence-corrected chi connectivity index (χ2v) is 5.84. The summed E-state index contributed by atoms with van der Waals surface area (Å²) < 4.78 is 28.6. The number of rotatable bonds is 6. The van der Waals surface area contributed by atoms with E-state index in [0.29, 0.717) is 0 Å². The van der Waals surface area contributed by atoms with Crippen molar-refractivity contribution in [2.75, 3.05) is 19.4 Å². The highest BCUT2D eigenvalue weighted by molar-refractivity contribution is 7.88. The van der Waals surface area contributed by atoms with Crippen LogP contribution < -0.4 is 4.72 Å². The van der Waals surface area contributed by atoms with Crippen molar-refractivity contribution in [2.45, 2.75) is 6.92 Å². The van der Waals surface area contributed by atoms with Crippen molar-refractivity contribution >= 4 is 21.7 Å². The van der Waals surface area contributed by atoms with Gasteiger partial charge in [0.15, 0.2) is 0 Å². The molecule has 0 amide bonds. The zero-order valence-corrected chi connectivity index (χ0v) is 11.8. The van der Waals surface area contributed by atoms with Crippen LogP contribution in [-0.2, 0) is 14.8 Å². The predicted molar refractivity (Wildman–Crippen MR) is 71.0 cm³/mol. The van der Waals surface area contributed by atoms with Crippen molar-refractivity contribution < 1.29 is 22.9 Å². The third kappa shape index (κ3) is 4.59. The minimum Gasteiger partial charge on any atom is -0.461 e. The fourth-order valence-corrected chi connectivity index (χ4v) is 1.95. The Morgan fingerprint density at radius 2 is 2.10 bits per heavy atom. The highest BCUT2D eigenvalue weighted by Gasteiger charge is 2.18. The molecule has 0 aliphatic heterocycles. The van der Waals surface area contributed by atoms with E-state index in [1.807, 2.05) is 0 Å².